The van der Waals surface area contributed by atoms with Crippen molar-refractivity contribution in [1.29, 1.82) is 0 Å². The normalized spacial score (nSPS) is 15.7. The van der Waals surface area contributed by atoms with E-state index in [1.807, 2.05) is 4.58 Å². The number of rotatable bonds is 3. The molecule has 2 rings (SSSR count). The van der Waals surface area contributed by atoms with Crippen LogP contribution in [0.15, 0.2) is 24.3 Å². The Kier molecular flexibility index (Phi) is 5.50. The first-order chi connectivity index (χ1) is 10.4. The zero-order chi connectivity index (χ0) is 16.2. The second kappa shape index (κ2) is 7.17. The van der Waals surface area contributed by atoms with E-state index >= 15 is 0 Å². The molecular formula is C15H17F3NO2S+. The minimum Gasteiger partial charge on any atom is -0.481 e. The zero-order valence-corrected chi connectivity index (χ0v) is 12.7. The Morgan fingerprint density at radius 3 is 2.50 bits per heavy atom. The summed E-state index contributed by atoms with van der Waals surface area (Å²) in [5.41, 5.74) is -0.279. The van der Waals surface area contributed by atoms with Crippen molar-refractivity contribution in [3.63, 3.8) is 0 Å². The predicted molar refractivity (Wildman–Crippen MR) is 79.5 cm³/mol. The van der Waals surface area contributed by atoms with E-state index < -0.39 is 17.7 Å². The summed E-state index contributed by atoms with van der Waals surface area (Å²) in [6, 6.07) is 5.09. The highest BCUT2D eigenvalue weighted by Crippen LogP contribution is 2.30. The fourth-order valence-electron chi connectivity index (χ4n) is 2.41. The van der Waals surface area contributed by atoms with E-state index in [0.717, 1.165) is 56.2 Å². The fourth-order valence-corrected chi connectivity index (χ4v) is 3.33. The molecule has 1 saturated heterocycles. The molecule has 0 aliphatic carbocycles. The first-order valence-electron chi connectivity index (χ1n) is 7.02. The molecule has 1 aliphatic heterocycles. The van der Waals surface area contributed by atoms with Gasteiger partial charge in [-0.05, 0) is 36.4 Å². The lowest BCUT2D eigenvalue weighted by molar-refractivity contribution is -0.534. The average Bonchev–Trinajstić information content (AvgIpc) is 2.48. The number of benzene rings is 1. The molecule has 0 unspecified atom stereocenters. The summed E-state index contributed by atoms with van der Waals surface area (Å²) in [5.74, 6) is -1.14. The topological polar surface area (TPSA) is 40.3 Å². The van der Waals surface area contributed by atoms with Crippen LogP contribution in [-0.2, 0) is 11.0 Å². The maximum atomic E-state index is 12.9. The smallest absolute Gasteiger partial charge is 0.416 e. The van der Waals surface area contributed by atoms with Crippen molar-refractivity contribution in [2.24, 2.45) is 0 Å². The van der Waals surface area contributed by atoms with Gasteiger partial charge in [0, 0.05) is 12.8 Å². The van der Waals surface area contributed by atoms with Gasteiger partial charge in [-0.15, -0.1) is 0 Å². The molecule has 0 spiro atoms. The van der Waals surface area contributed by atoms with Gasteiger partial charge in [0.1, 0.15) is 18.8 Å². The predicted octanol–water partition coefficient (Wildman–Crippen LogP) is 3.47. The van der Waals surface area contributed by atoms with Gasteiger partial charge in [0.05, 0.1) is 11.1 Å². The molecule has 1 aliphatic rings. The van der Waals surface area contributed by atoms with E-state index in [1.54, 1.807) is 6.07 Å². The van der Waals surface area contributed by atoms with Crippen molar-refractivity contribution in [2.45, 2.75) is 25.4 Å². The zero-order valence-electron chi connectivity index (χ0n) is 11.9. The molecule has 1 fully saturated rings. The second-order valence-corrected chi connectivity index (χ2v) is 6.08. The third kappa shape index (κ3) is 4.50. The first-order valence-corrected chi connectivity index (χ1v) is 8.00. The van der Waals surface area contributed by atoms with Crippen LogP contribution in [0.3, 0.4) is 0 Å². The molecule has 0 saturated carbocycles. The van der Waals surface area contributed by atoms with Crippen LogP contribution < -0.4 is 0 Å². The van der Waals surface area contributed by atoms with Crippen molar-refractivity contribution in [3.8, 4) is 0 Å². The number of carboxylic acids is 1. The monoisotopic (exact) mass is 332 g/mol. The molecule has 120 valence electrons. The van der Waals surface area contributed by atoms with E-state index in [1.165, 1.54) is 6.07 Å². The Hall–Kier alpha value is -1.50. The molecule has 0 radical (unpaired) electrons. The second-order valence-electron chi connectivity index (χ2n) is 5.11. The van der Waals surface area contributed by atoms with Gasteiger partial charge >= 0.3 is 12.1 Å². The number of thioether (sulfide) groups is 1. The van der Waals surface area contributed by atoms with Crippen molar-refractivity contribution < 1.29 is 27.6 Å². The van der Waals surface area contributed by atoms with E-state index in [4.69, 9.17) is 5.11 Å². The van der Waals surface area contributed by atoms with Crippen molar-refractivity contribution in [2.75, 3.05) is 18.8 Å². The Labute approximate surface area is 130 Å². The number of aliphatic carboxylic acids is 1. The molecule has 1 aromatic carbocycles. The average molecular weight is 332 g/mol. The van der Waals surface area contributed by atoms with Crippen LogP contribution in [0.25, 0.3) is 0 Å². The molecule has 1 heterocycles. The molecular weight excluding hydrogens is 315 g/mol. The van der Waals surface area contributed by atoms with Gasteiger partial charge in [0.25, 0.3) is 0 Å². The molecule has 1 aromatic rings. The molecule has 3 nitrogen and oxygen atoms in total. The fraction of sp³-hybridized carbons (Fsp3) is 0.467. The van der Waals surface area contributed by atoms with Crippen LogP contribution in [-0.4, -0.2) is 39.5 Å². The number of hydrogen-bond donors (Lipinski definition) is 1. The highest BCUT2D eigenvalue weighted by Gasteiger charge is 2.32. The quantitative estimate of drug-likeness (QED) is 0.681. The Morgan fingerprint density at radius 1 is 1.23 bits per heavy atom. The lowest BCUT2D eigenvalue weighted by Gasteiger charge is -2.15. The molecule has 7 heteroatoms. The molecule has 1 N–H and O–H groups in total. The largest absolute Gasteiger partial charge is 0.481 e. The van der Waals surface area contributed by atoms with Crippen molar-refractivity contribution in [3.05, 3.63) is 35.4 Å². The minimum atomic E-state index is -4.40. The van der Waals surface area contributed by atoms with Gasteiger partial charge in [-0.2, -0.15) is 13.2 Å². The molecule has 0 atom stereocenters. The number of hydrogen-bond acceptors (Lipinski definition) is 2. The first kappa shape index (κ1) is 16.9. The number of piperidine rings is 1. The third-order valence-corrected chi connectivity index (χ3v) is 4.57. The SMILES string of the molecule is O=C(O)CSC(c1cccc(C(F)(F)F)c1)=[N+]1CCCCC1. The summed E-state index contributed by atoms with van der Waals surface area (Å²) in [4.78, 5) is 10.8. The molecule has 0 amide bonds. The van der Waals surface area contributed by atoms with Gasteiger partial charge < -0.3 is 5.11 Å². The van der Waals surface area contributed by atoms with E-state index in [0.29, 0.717) is 10.6 Å². The van der Waals surface area contributed by atoms with Gasteiger partial charge in [0.2, 0.25) is 5.04 Å². The van der Waals surface area contributed by atoms with Crippen molar-refractivity contribution >= 4 is 22.8 Å². The van der Waals surface area contributed by atoms with Gasteiger partial charge in [-0.1, -0.05) is 6.07 Å². The molecule has 0 aromatic heterocycles. The van der Waals surface area contributed by atoms with Gasteiger partial charge in [-0.3, -0.25) is 4.79 Å². The number of alkyl halides is 3. The summed E-state index contributed by atoms with van der Waals surface area (Å²) in [5, 5.41) is 9.48. The highest BCUT2D eigenvalue weighted by atomic mass is 32.2. The molecule has 0 bridgehead atoms. The standard InChI is InChI=1S/C15H16F3NO2S/c16-15(17,18)12-6-4-5-11(9-12)14(22-10-13(20)21)19-7-2-1-3-8-19/h4-6,9H,1-3,7-8,10H2/p+1. The summed E-state index contributed by atoms with van der Waals surface area (Å²) in [7, 11) is 0. The van der Waals surface area contributed by atoms with Crippen LogP contribution in [0.2, 0.25) is 0 Å². The van der Waals surface area contributed by atoms with Crippen LogP contribution in [0.4, 0.5) is 13.2 Å². The summed E-state index contributed by atoms with van der Waals surface area (Å²) in [6.45, 7) is 1.50. The van der Waals surface area contributed by atoms with Crippen LogP contribution >= 0.6 is 11.8 Å². The third-order valence-electron chi connectivity index (χ3n) is 3.41. The Balaban J connectivity index is 2.38. The maximum Gasteiger partial charge on any atom is 0.416 e. The summed E-state index contributed by atoms with van der Waals surface area (Å²) in [6.07, 6.45) is -1.37. The highest BCUT2D eigenvalue weighted by molar-refractivity contribution is 8.14. The van der Waals surface area contributed by atoms with Crippen LogP contribution in [0.1, 0.15) is 30.4 Å². The van der Waals surface area contributed by atoms with Crippen molar-refractivity contribution in [1.82, 2.24) is 0 Å². The Morgan fingerprint density at radius 2 is 1.91 bits per heavy atom. The number of halogens is 3. The van der Waals surface area contributed by atoms with E-state index in [9.17, 15) is 18.0 Å². The van der Waals surface area contributed by atoms with E-state index in [2.05, 4.69) is 0 Å². The van der Waals surface area contributed by atoms with Crippen LogP contribution in [0.5, 0.6) is 0 Å². The van der Waals surface area contributed by atoms with Gasteiger partial charge in [0.15, 0.2) is 0 Å². The lowest BCUT2D eigenvalue weighted by atomic mass is 10.1. The number of carboxylic acid groups (broad SMARTS) is 1. The van der Waals surface area contributed by atoms with Crippen LogP contribution in [0, 0.1) is 0 Å². The lowest BCUT2D eigenvalue weighted by Crippen LogP contribution is -2.27. The van der Waals surface area contributed by atoms with E-state index in [-0.39, 0.29) is 5.75 Å². The maximum absolute atomic E-state index is 12.9. The summed E-state index contributed by atoms with van der Waals surface area (Å²) >= 11 is 1.08. The minimum absolute atomic E-state index is 0.165. The Bertz CT molecular complexity index is 576. The van der Waals surface area contributed by atoms with Gasteiger partial charge in [-0.25, -0.2) is 4.58 Å². The number of nitrogens with zero attached hydrogens (tertiary/aromatic N) is 1. The number of carbonyl (C=O) groups is 1. The summed E-state index contributed by atoms with van der Waals surface area (Å²) < 4.78 is 40.6. The molecule has 22 heavy (non-hydrogen) atoms.